The minimum atomic E-state index is 0.216. The van der Waals surface area contributed by atoms with Crippen molar-refractivity contribution in [1.29, 1.82) is 0 Å². The normalized spacial score (nSPS) is 18.8. The molecule has 1 N–H and O–H groups in total. The molecule has 1 unspecified atom stereocenters. The lowest BCUT2D eigenvalue weighted by atomic mass is 10.1. The van der Waals surface area contributed by atoms with Gasteiger partial charge < -0.3 is 10.0 Å². The van der Waals surface area contributed by atoms with Crippen molar-refractivity contribution in [3.63, 3.8) is 0 Å². The molecule has 0 aromatic carbocycles. The Hall–Kier alpha value is -1.36. The second-order valence-electron chi connectivity index (χ2n) is 5.66. The number of rotatable bonds is 6. The number of aliphatic hydroxyl groups is 1. The van der Waals surface area contributed by atoms with Crippen molar-refractivity contribution >= 4 is 5.91 Å². The molecule has 1 aromatic rings. The summed E-state index contributed by atoms with van der Waals surface area (Å²) < 4.78 is 1.80. The van der Waals surface area contributed by atoms with E-state index in [2.05, 4.69) is 5.10 Å². The van der Waals surface area contributed by atoms with Crippen LogP contribution in [0.5, 0.6) is 0 Å². The van der Waals surface area contributed by atoms with E-state index in [0.717, 1.165) is 49.9 Å². The average Bonchev–Trinajstić information content (AvgIpc) is 3.00. The van der Waals surface area contributed by atoms with Gasteiger partial charge in [0.15, 0.2) is 0 Å². The summed E-state index contributed by atoms with van der Waals surface area (Å²) in [4.78, 5) is 14.4. The predicted octanol–water partition coefficient (Wildman–Crippen LogP) is 1.42. The zero-order valence-electron chi connectivity index (χ0n) is 12.5. The molecule has 0 aliphatic carbocycles. The van der Waals surface area contributed by atoms with Crippen LogP contribution in [-0.4, -0.2) is 44.9 Å². The molecule has 1 fully saturated rings. The minimum absolute atomic E-state index is 0.216. The molecule has 1 atom stereocenters. The summed E-state index contributed by atoms with van der Waals surface area (Å²) in [6, 6.07) is 0.338. The largest absolute Gasteiger partial charge is 0.396 e. The number of hydrogen-bond acceptors (Lipinski definition) is 3. The van der Waals surface area contributed by atoms with Gasteiger partial charge in [0.2, 0.25) is 5.91 Å². The Bertz CT molecular complexity index is 456. The van der Waals surface area contributed by atoms with Crippen LogP contribution >= 0.6 is 0 Å². The first-order chi connectivity index (χ1) is 9.61. The molecular weight excluding hydrogens is 254 g/mol. The molecule has 0 bridgehead atoms. The summed E-state index contributed by atoms with van der Waals surface area (Å²) in [5.74, 6) is 0.244. The van der Waals surface area contributed by atoms with Crippen molar-refractivity contribution in [1.82, 2.24) is 14.7 Å². The van der Waals surface area contributed by atoms with E-state index in [9.17, 15) is 4.79 Å². The van der Waals surface area contributed by atoms with Gasteiger partial charge in [-0.3, -0.25) is 9.48 Å². The van der Waals surface area contributed by atoms with Crippen molar-refractivity contribution in [2.75, 3.05) is 13.2 Å². The molecule has 5 nitrogen and oxygen atoms in total. The molecule has 0 radical (unpaired) electrons. The van der Waals surface area contributed by atoms with Gasteiger partial charge in [0, 0.05) is 38.9 Å². The van der Waals surface area contributed by atoms with Gasteiger partial charge in [-0.25, -0.2) is 0 Å². The number of amides is 1. The van der Waals surface area contributed by atoms with E-state index in [1.807, 2.05) is 25.1 Å². The number of carbonyl (C=O) groups is 1. The third-order valence-electron chi connectivity index (χ3n) is 4.12. The lowest BCUT2D eigenvalue weighted by molar-refractivity contribution is -0.132. The summed E-state index contributed by atoms with van der Waals surface area (Å²) in [6.45, 7) is 3.08. The lowest BCUT2D eigenvalue weighted by Crippen LogP contribution is -2.35. The molecule has 1 aromatic heterocycles. The molecule has 1 aliphatic rings. The number of aryl methyl sites for hydroxylation is 3. The van der Waals surface area contributed by atoms with Crippen LogP contribution in [0, 0.1) is 6.92 Å². The highest BCUT2D eigenvalue weighted by molar-refractivity contribution is 5.77. The Labute approximate surface area is 120 Å². The summed E-state index contributed by atoms with van der Waals surface area (Å²) in [7, 11) is 1.91. The fourth-order valence-corrected chi connectivity index (χ4v) is 3.07. The molecule has 1 amide bonds. The fraction of sp³-hybridized carbons (Fsp3) is 0.733. The zero-order valence-corrected chi connectivity index (χ0v) is 12.5. The Morgan fingerprint density at radius 2 is 2.35 bits per heavy atom. The second-order valence-corrected chi connectivity index (χ2v) is 5.66. The molecule has 0 spiro atoms. The van der Waals surface area contributed by atoms with E-state index < -0.39 is 0 Å². The number of aliphatic hydroxyl groups excluding tert-OH is 1. The van der Waals surface area contributed by atoms with E-state index in [0.29, 0.717) is 12.5 Å². The van der Waals surface area contributed by atoms with Gasteiger partial charge in [-0.1, -0.05) is 0 Å². The number of nitrogens with zero attached hydrogens (tertiary/aromatic N) is 3. The van der Waals surface area contributed by atoms with Crippen molar-refractivity contribution in [2.45, 2.75) is 51.5 Å². The van der Waals surface area contributed by atoms with Crippen LogP contribution in [0.25, 0.3) is 0 Å². The van der Waals surface area contributed by atoms with Gasteiger partial charge in [0.25, 0.3) is 0 Å². The van der Waals surface area contributed by atoms with Crippen LogP contribution in [-0.2, 0) is 18.3 Å². The van der Waals surface area contributed by atoms with E-state index in [4.69, 9.17) is 5.11 Å². The number of aromatic nitrogens is 2. The topological polar surface area (TPSA) is 58.4 Å². The van der Waals surface area contributed by atoms with Gasteiger partial charge in [0.1, 0.15) is 0 Å². The van der Waals surface area contributed by atoms with Crippen LogP contribution in [0.4, 0.5) is 0 Å². The Morgan fingerprint density at radius 3 is 3.00 bits per heavy atom. The molecule has 0 saturated carbocycles. The number of hydrogen-bond donors (Lipinski definition) is 1. The highest BCUT2D eigenvalue weighted by Gasteiger charge is 2.27. The van der Waals surface area contributed by atoms with Crippen LogP contribution in [0.1, 0.15) is 43.4 Å². The molecule has 5 heteroatoms. The molecule has 1 aliphatic heterocycles. The first-order valence-corrected chi connectivity index (χ1v) is 7.51. The van der Waals surface area contributed by atoms with Crippen molar-refractivity contribution < 1.29 is 9.90 Å². The van der Waals surface area contributed by atoms with Crippen molar-refractivity contribution in [2.24, 2.45) is 7.05 Å². The van der Waals surface area contributed by atoms with E-state index in [-0.39, 0.29) is 12.5 Å². The van der Waals surface area contributed by atoms with Crippen LogP contribution in [0.2, 0.25) is 0 Å². The maximum Gasteiger partial charge on any atom is 0.223 e. The van der Waals surface area contributed by atoms with Crippen molar-refractivity contribution in [3.8, 4) is 0 Å². The van der Waals surface area contributed by atoms with Crippen LogP contribution in [0.15, 0.2) is 6.20 Å². The molecule has 112 valence electrons. The Balaban J connectivity index is 1.86. The van der Waals surface area contributed by atoms with Crippen LogP contribution in [0.3, 0.4) is 0 Å². The average molecular weight is 279 g/mol. The molecule has 20 heavy (non-hydrogen) atoms. The van der Waals surface area contributed by atoms with Crippen molar-refractivity contribution in [3.05, 3.63) is 17.5 Å². The molecule has 1 saturated heterocycles. The SMILES string of the molecule is Cc1nn(C)cc1CCC(=O)N1CCCC1CCCO. The van der Waals surface area contributed by atoms with Gasteiger partial charge in [-0.15, -0.1) is 0 Å². The van der Waals surface area contributed by atoms with Gasteiger partial charge >= 0.3 is 0 Å². The fourth-order valence-electron chi connectivity index (χ4n) is 3.07. The molecule has 2 rings (SSSR count). The van der Waals surface area contributed by atoms with Gasteiger partial charge in [0.05, 0.1) is 5.69 Å². The monoisotopic (exact) mass is 279 g/mol. The smallest absolute Gasteiger partial charge is 0.223 e. The second kappa shape index (κ2) is 6.88. The minimum Gasteiger partial charge on any atom is -0.396 e. The first-order valence-electron chi connectivity index (χ1n) is 7.51. The predicted molar refractivity (Wildman–Crippen MR) is 77.3 cm³/mol. The van der Waals surface area contributed by atoms with E-state index in [1.165, 1.54) is 0 Å². The highest BCUT2D eigenvalue weighted by atomic mass is 16.3. The third-order valence-corrected chi connectivity index (χ3v) is 4.12. The quantitative estimate of drug-likeness (QED) is 0.857. The summed E-state index contributed by atoms with van der Waals surface area (Å²) >= 11 is 0. The maximum atomic E-state index is 12.3. The Morgan fingerprint density at radius 1 is 1.55 bits per heavy atom. The molecule has 2 heterocycles. The maximum absolute atomic E-state index is 12.3. The first kappa shape index (κ1) is 15.0. The van der Waals surface area contributed by atoms with Gasteiger partial charge in [-0.05, 0) is 44.6 Å². The summed E-state index contributed by atoms with van der Waals surface area (Å²) in [6.07, 6.45) is 7.20. The number of carbonyl (C=O) groups excluding carboxylic acids is 1. The lowest BCUT2D eigenvalue weighted by Gasteiger charge is -2.24. The van der Waals surface area contributed by atoms with Gasteiger partial charge in [-0.2, -0.15) is 5.10 Å². The zero-order chi connectivity index (χ0) is 14.5. The number of likely N-dealkylation sites (tertiary alicyclic amines) is 1. The highest BCUT2D eigenvalue weighted by Crippen LogP contribution is 2.22. The standard InChI is InChI=1S/C15H25N3O2/c1-12-13(11-17(2)16-12)7-8-15(20)18-9-3-5-14(18)6-4-10-19/h11,14,19H,3-10H2,1-2H3. The van der Waals surface area contributed by atoms with E-state index >= 15 is 0 Å². The Kier molecular flexibility index (Phi) is 5.17. The third kappa shape index (κ3) is 3.60. The summed E-state index contributed by atoms with van der Waals surface area (Å²) in [5, 5.41) is 13.2. The van der Waals surface area contributed by atoms with E-state index in [1.54, 1.807) is 4.68 Å². The summed E-state index contributed by atoms with van der Waals surface area (Å²) in [5.41, 5.74) is 2.17. The molecular formula is C15H25N3O2. The van der Waals surface area contributed by atoms with Crippen LogP contribution < -0.4 is 0 Å².